The van der Waals surface area contributed by atoms with Crippen molar-refractivity contribution in [2.75, 3.05) is 17.7 Å². The van der Waals surface area contributed by atoms with Crippen molar-refractivity contribution in [3.8, 4) is 11.5 Å². The Balaban J connectivity index is 1.98. The Kier molecular flexibility index (Phi) is 5.54. The van der Waals surface area contributed by atoms with Gasteiger partial charge < -0.3 is 14.5 Å². The molecule has 1 N–H and O–H groups in total. The molecule has 0 saturated carbocycles. The van der Waals surface area contributed by atoms with Crippen LogP contribution >= 0.6 is 11.8 Å². The van der Waals surface area contributed by atoms with E-state index in [0.29, 0.717) is 23.4 Å². The van der Waals surface area contributed by atoms with Gasteiger partial charge in [0.1, 0.15) is 5.75 Å². The first kappa shape index (κ1) is 16.0. The van der Waals surface area contributed by atoms with E-state index in [0.717, 1.165) is 17.3 Å². The van der Waals surface area contributed by atoms with E-state index < -0.39 is 0 Å². The molecule has 8 heteroatoms. The summed E-state index contributed by atoms with van der Waals surface area (Å²) in [6.45, 7) is 3.53. The van der Waals surface area contributed by atoms with E-state index in [1.54, 1.807) is 31.2 Å². The van der Waals surface area contributed by atoms with Crippen molar-refractivity contribution in [2.45, 2.75) is 19.1 Å². The van der Waals surface area contributed by atoms with Crippen LogP contribution in [0.4, 0.5) is 5.69 Å². The standard InChI is InChI=1S/C14H15N3O4S/c1-3-20-12(19)8-22-14-17-16-13(21-14)10-4-6-11(7-5-10)15-9(2)18/h4-7H,3,8H2,1-2H3,(H,15,18). The number of carbonyl (C=O) groups is 2. The summed E-state index contributed by atoms with van der Waals surface area (Å²) in [7, 11) is 0. The number of thioether (sulfide) groups is 1. The van der Waals surface area contributed by atoms with Crippen LogP contribution in [0.3, 0.4) is 0 Å². The lowest BCUT2D eigenvalue weighted by molar-refractivity contribution is -0.139. The minimum atomic E-state index is -0.327. The average Bonchev–Trinajstić information content (AvgIpc) is 2.94. The molecular formula is C14H15N3O4S. The molecule has 0 bridgehead atoms. The summed E-state index contributed by atoms with van der Waals surface area (Å²) >= 11 is 1.12. The largest absolute Gasteiger partial charge is 0.465 e. The maximum atomic E-state index is 11.3. The first-order valence-corrected chi connectivity index (χ1v) is 7.57. The molecule has 0 unspecified atom stereocenters. The van der Waals surface area contributed by atoms with Crippen LogP contribution in [0.1, 0.15) is 13.8 Å². The molecule has 1 amide bonds. The molecular weight excluding hydrogens is 306 g/mol. The van der Waals surface area contributed by atoms with Crippen molar-refractivity contribution in [3.05, 3.63) is 24.3 Å². The molecule has 0 aliphatic carbocycles. The van der Waals surface area contributed by atoms with E-state index >= 15 is 0 Å². The Morgan fingerprint density at radius 3 is 2.64 bits per heavy atom. The van der Waals surface area contributed by atoms with Gasteiger partial charge in [-0.15, -0.1) is 10.2 Å². The van der Waals surface area contributed by atoms with Gasteiger partial charge in [-0.05, 0) is 31.2 Å². The topological polar surface area (TPSA) is 94.3 Å². The highest BCUT2D eigenvalue weighted by atomic mass is 32.2. The van der Waals surface area contributed by atoms with Crippen LogP contribution in [0.25, 0.3) is 11.5 Å². The minimum Gasteiger partial charge on any atom is -0.465 e. The van der Waals surface area contributed by atoms with Crippen molar-refractivity contribution < 1.29 is 18.7 Å². The van der Waals surface area contributed by atoms with E-state index in [9.17, 15) is 9.59 Å². The summed E-state index contributed by atoms with van der Waals surface area (Å²) < 4.78 is 10.3. The molecule has 1 aromatic heterocycles. The van der Waals surface area contributed by atoms with Gasteiger partial charge in [0.15, 0.2) is 0 Å². The van der Waals surface area contributed by atoms with Gasteiger partial charge in [-0.1, -0.05) is 11.8 Å². The highest BCUT2D eigenvalue weighted by molar-refractivity contribution is 7.99. The smallest absolute Gasteiger partial charge is 0.316 e. The second-order valence-corrected chi connectivity index (χ2v) is 5.15. The first-order chi connectivity index (χ1) is 10.6. The molecule has 0 fully saturated rings. The van der Waals surface area contributed by atoms with Crippen LogP contribution in [0.2, 0.25) is 0 Å². The molecule has 1 heterocycles. The number of ether oxygens (including phenoxy) is 1. The molecule has 116 valence electrons. The van der Waals surface area contributed by atoms with Crippen LogP contribution < -0.4 is 5.32 Å². The van der Waals surface area contributed by atoms with Gasteiger partial charge in [-0.3, -0.25) is 9.59 Å². The minimum absolute atomic E-state index is 0.122. The highest BCUT2D eigenvalue weighted by Crippen LogP contribution is 2.24. The normalized spacial score (nSPS) is 10.3. The van der Waals surface area contributed by atoms with Gasteiger partial charge in [0, 0.05) is 18.2 Å². The van der Waals surface area contributed by atoms with Gasteiger partial charge in [0.25, 0.3) is 5.22 Å². The SMILES string of the molecule is CCOC(=O)CSc1nnc(-c2ccc(NC(C)=O)cc2)o1. The number of aromatic nitrogens is 2. The van der Waals surface area contributed by atoms with Crippen LogP contribution in [-0.2, 0) is 14.3 Å². The number of amides is 1. The van der Waals surface area contributed by atoms with Crippen LogP contribution in [0, 0.1) is 0 Å². The molecule has 2 aromatic rings. The second-order valence-electron chi connectivity index (χ2n) is 4.23. The number of benzene rings is 1. The van der Waals surface area contributed by atoms with Gasteiger partial charge in [0.05, 0.1) is 6.61 Å². The Hall–Kier alpha value is -2.35. The molecule has 22 heavy (non-hydrogen) atoms. The summed E-state index contributed by atoms with van der Waals surface area (Å²) in [5.41, 5.74) is 1.41. The van der Waals surface area contributed by atoms with Crippen molar-refractivity contribution in [1.82, 2.24) is 10.2 Å². The molecule has 0 radical (unpaired) electrons. The Morgan fingerprint density at radius 1 is 1.27 bits per heavy atom. The Labute approximate surface area is 131 Å². The lowest BCUT2D eigenvalue weighted by Gasteiger charge is -2.01. The van der Waals surface area contributed by atoms with E-state index in [1.807, 2.05) is 0 Å². The third-order valence-corrected chi connectivity index (χ3v) is 3.27. The number of hydrogen-bond donors (Lipinski definition) is 1. The van der Waals surface area contributed by atoms with Crippen molar-refractivity contribution in [3.63, 3.8) is 0 Å². The Bertz CT molecular complexity index is 654. The fraction of sp³-hybridized carbons (Fsp3) is 0.286. The number of carbonyl (C=O) groups excluding carboxylic acids is 2. The summed E-state index contributed by atoms with van der Waals surface area (Å²) in [6, 6.07) is 7.01. The fourth-order valence-electron chi connectivity index (χ4n) is 1.61. The molecule has 2 rings (SSSR count). The van der Waals surface area contributed by atoms with Crippen LogP contribution in [0.15, 0.2) is 33.9 Å². The summed E-state index contributed by atoms with van der Waals surface area (Å²) in [6.07, 6.45) is 0. The highest BCUT2D eigenvalue weighted by Gasteiger charge is 2.11. The van der Waals surface area contributed by atoms with Gasteiger partial charge >= 0.3 is 5.97 Å². The predicted molar refractivity (Wildman–Crippen MR) is 81.4 cm³/mol. The third kappa shape index (κ3) is 4.59. The first-order valence-electron chi connectivity index (χ1n) is 6.58. The maximum Gasteiger partial charge on any atom is 0.316 e. The number of nitrogens with one attached hydrogen (secondary N) is 1. The summed E-state index contributed by atoms with van der Waals surface area (Å²) in [5.74, 6) is 0.00700. The summed E-state index contributed by atoms with van der Waals surface area (Å²) in [5, 5.41) is 10.8. The molecule has 0 aliphatic rings. The molecule has 1 aromatic carbocycles. The lowest BCUT2D eigenvalue weighted by atomic mass is 10.2. The van der Waals surface area contributed by atoms with Crippen molar-refractivity contribution in [1.29, 1.82) is 0 Å². The molecule has 0 saturated heterocycles. The van der Waals surface area contributed by atoms with Crippen LogP contribution in [0.5, 0.6) is 0 Å². The zero-order chi connectivity index (χ0) is 15.9. The van der Waals surface area contributed by atoms with E-state index in [2.05, 4.69) is 15.5 Å². The van der Waals surface area contributed by atoms with Gasteiger partial charge in [-0.2, -0.15) is 0 Å². The molecule has 0 spiro atoms. The van der Waals surface area contributed by atoms with Gasteiger partial charge in [0.2, 0.25) is 11.8 Å². The van der Waals surface area contributed by atoms with E-state index in [4.69, 9.17) is 9.15 Å². The van der Waals surface area contributed by atoms with E-state index in [1.165, 1.54) is 6.92 Å². The zero-order valence-corrected chi connectivity index (χ0v) is 13.0. The monoisotopic (exact) mass is 321 g/mol. The van der Waals surface area contributed by atoms with Crippen molar-refractivity contribution in [2.24, 2.45) is 0 Å². The summed E-state index contributed by atoms with van der Waals surface area (Å²) in [4.78, 5) is 22.2. The van der Waals surface area contributed by atoms with E-state index in [-0.39, 0.29) is 17.6 Å². The second kappa shape index (κ2) is 7.60. The van der Waals surface area contributed by atoms with Gasteiger partial charge in [-0.25, -0.2) is 0 Å². The number of esters is 1. The van der Waals surface area contributed by atoms with Crippen molar-refractivity contribution >= 4 is 29.3 Å². The maximum absolute atomic E-state index is 11.3. The van der Waals surface area contributed by atoms with Crippen LogP contribution in [-0.4, -0.2) is 34.4 Å². The Morgan fingerprint density at radius 2 is 2.00 bits per heavy atom. The fourth-order valence-corrected chi connectivity index (χ4v) is 2.17. The molecule has 0 aliphatic heterocycles. The number of hydrogen-bond acceptors (Lipinski definition) is 7. The molecule has 7 nitrogen and oxygen atoms in total. The molecule has 0 atom stereocenters. The lowest BCUT2D eigenvalue weighted by Crippen LogP contribution is -2.06. The average molecular weight is 321 g/mol. The third-order valence-electron chi connectivity index (χ3n) is 2.48. The number of rotatable bonds is 6. The quantitative estimate of drug-likeness (QED) is 0.644. The number of anilines is 1. The predicted octanol–water partition coefficient (Wildman–Crippen LogP) is 2.35. The number of nitrogens with zero attached hydrogens (tertiary/aromatic N) is 2. The zero-order valence-electron chi connectivity index (χ0n) is 12.2.